The highest BCUT2D eigenvalue weighted by atomic mass is 14.4. The average Bonchev–Trinajstić information content (AvgIpc) is 2.46. The third kappa shape index (κ3) is 2.29. The third-order valence-corrected chi connectivity index (χ3v) is 3.40. The molecule has 0 saturated heterocycles. The fourth-order valence-corrected chi connectivity index (χ4v) is 2.78. The molecule has 0 aromatic carbocycles. The van der Waals surface area contributed by atoms with Crippen LogP contribution in [-0.2, 0) is 0 Å². The van der Waals surface area contributed by atoms with Crippen LogP contribution in [0.2, 0.25) is 0 Å². The van der Waals surface area contributed by atoms with Gasteiger partial charge in [0.1, 0.15) is 0 Å². The molecule has 0 nitrogen and oxygen atoms in total. The lowest BCUT2D eigenvalue weighted by molar-refractivity contribution is 0.136. The molecule has 0 heteroatoms. The van der Waals surface area contributed by atoms with Crippen LogP contribution in [0.4, 0.5) is 0 Å². The predicted octanol–water partition coefficient (Wildman–Crippen LogP) is 4.58. The lowest BCUT2D eigenvalue weighted by Gasteiger charge is -2.41. The predicted molar refractivity (Wildman–Crippen MR) is 64.2 cm³/mol. The molecule has 1 aliphatic carbocycles. The maximum Gasteiger partial charge on any atom is 0.00720 e. The zero-order chi connectivity index (χ0) is 10.8. The van der Waals surface area contributed by atoms with E-state index in [4.69, 9.17) is 0 Å². The van der Waals surface area contributed by atoms with Gasteiger partial charge in [-0.2, -0.15) is 0 Å². The van der Waals surface area contributed by atoms with E-state index in [-0.39, 0.29) is 5.41 Å². The van der Waals surface area contributed by atoms with Gasteiger partial charge >= 0.3 is 0 Å². The molecule has 0 aliphatic heterocycles. The summed E-state index contributed by atoms with van der Waals surface area (Å²) in [6, 6.07) is 0. The van der Waals surface area contributed by atoms with Gasteiger partial charge < -0.3 is 0 Å². The van der Waals surface area contributed by atoms with E-state index < -0.39 is 0 Å². The molecule has 80 valence electrons. The molecule has 0 amide bonds. The molecule has 1 unspecified atom stereocenters. The molecule has 0 bridgehead atoms. The molecule has 1 atom stereocenters. The van der Waals surface area contributed by atoms with Crippen molar-refractivity contribution in [3.63, 3.8) is 0 Å². The van der Waals surface area contributed by atoms with E-state index in [1.807, 2.05) is 0 Å². The highest BCUT2D eigenvalue weighted by Crippen LogP contribution is 2.46. The first-order valence-electron chi connectivity index (χ1n) is 5.77. The number of rotatable bonds is 3. The number of hydrogen-bond donors (Lipinski definition) is 0. The summed E-state index contributed by atoms with van der Waals surface area (Å²) in [5, 5.41) is 0. The van der Waals surface area contributed by atoms with Crippen molar-refractivity contribution in [2.45, 2.75) is 47.5 Å². The lowest BCUT2D eigenvalue weighted by atomic mass is 9.64. The van der Waals surface area contributed by atoms with E-state index in [1.54, 1.807) is 0 Å². The molecule has 0 saturated carbocycles. The Labute approximate surface area is 89.1 Å². The Kier molecular flexibility index (Phi) is 3.24. The highest BCUT2D eigenvalue weighted by molar-refractivity contribution is 5.25. The molecular formula is C14H24. The molecular weight excluding hydrogens is 168 g/mol. The van der Waals surface area contributed by atoms with Gasteiger partial charge in [0.15, 0.2) is 0 Å². The summed E-state index contributed by atoms with van der Waals surface area (Å²) in [5.41, 5.74) is 0.679. The molecule has 0 aromatic rings. The monoisotopic (exact) mass is 192 g/mol. The van der Waals surface area contributed by atoms with Gasteiger partial charge in [-0.3, -0.25) is 0 Å². The Morgan fingerprint density at radius 2 is 1.64 bits per heavy atom. The fourth-order valence-electron chi connectivity index (χ4n) is 2.78. The van der Waals surface area contributed by atoms with E-state index in [9.17, 15) is 0 Å². The Hall–Kier alpha value is -0.520. The van der Waals surface area contributed by atoms with Crippen molar-refractivity contribution in [2.24, 2.45) is 16.7 Å². The van der Waals surface area contributed by atoms with Gasteiger partial charge in [0.25, 0.3) is 0 Å². The van der Waals surface area contributed by atoms with Gasteiger partial charge in [-0.05, 0) is 17.8 Å². The van der Waals surface area contributed by atoms with Crippen LogP contribution in [0.5, 0.6) is 0 Å². The second-order valence-corrected chi connectivity index (χ2v) is 5.79. The van der Waals surface area contributed by atoms with E-state index >= 15 is 0 Å². The minimum Gasteiger partial charge on any atom is -0.0745 e. The van der Waals surface area contributed by atoms with Crippen LogP contribution in [0.15, 0.2) is 24.3 Å². The van der Waals surface area contributed by atoms with Crippen LogP contribution in [0.25, 0.3) is 0 Å². The summed E-state index contributed by atoms with van der Waals surface area (Å²) in [4.78, 5) is 0. The van der Waals surface area contributed by atoms with Crippen LogP contribution >= 0.6 is 0 Å². The third-order valence-electron chi connectivity index (χ3n) is 3.40. The van der Waals surface area contributed by atoms with Gasteiger partial charge in [0.05, 0.1) is 0 Å². The topological polar surface area (TPSA) is 0 Å². The summed E-state index contributed by atoms with van der Waals surface area (Å²) < 4.78 is 0. The summed E-state index contributed by atoms with van der Waals surface area (Å²) in [5.74, 6) is 0.745. The zero-order valence-corrected chi connectivity index (χ0v) is 10.3. The van der Waals surface area contributed by atoms with Crippen LogP contribution in [-0.4, -0.2) is 0 Å². The summed E-state index contributed by atoms with van der Waals surface area (Å²) >= 11 is 0. The molecule has 1 aliphatic rings. The number of allylic oxidation sites excluding steroid dienone is 4. The Morgan fingerprint density at radius 3 is 2.00 bits per heavy atom. The minimum absolute atomic E-state index is 0.286. The summed E-state index contributed by atoms with van der Waals surface area (Å²) in [7, 11) is 0. The average molecular weight is 192 g/mol. The molecule has 0 fully saturated rings. The highest BCUT2D eigenvalue weighted by Gasteiger charge is 2.37. The Balaban J connectivity index is 2.88. The van der Waals surface area contributed by atoms with Crippen molar-refractivity contribution < 1.29 is 0 Å². The first-order chi connectivity index (χ1) is 6.40. The van der Waals surface area contributed by atoms with Gasteiger partial charge in [-0.1, -0.05) is 65.3 Å². The van der Waals surface area contributed by atoms with Crippen molar-refractivity contribution in [2.75, 3.05) is 0 Å². The second kappa shape index (κ2) is 3.92. The quantitative estimate of drug-likeness (QED) is 0.614. The van der Waals surface area contributed by atoms with Crippen molar-refractivity contribution in [3.05, 3.63) is 24.3 Å². The molecule has 1 rings (SSSR count). The standard InChI is InChI=1S/C14H24/c1-6-9-12(13(2,3)4)14(5)10-7-8-11-14/h7-8,10-12H,6,9H2,1-5H3. The van der Waals surface area contributed by atoms with Crippen LogP contribution in [0, 0.1) is 16.7 Å². The van der Waals surface area contributed by atoms with Crippen LogP contribution in [0.1, 0.15) is 47.5 Å². The van der Waals surface area contributed by atoms with Gasteiger partial charge in [0, 0.05) is 5.41 Å². The largest absolute Gasteiger partial charge is 0.0745 e. The summed E-state index contributed by atoms with van der Waals surface area (Å²) in [6.45, 7) is 11.7. The lowest BCUT2D eigenvalue weighted by Crippen LogP contribution is -2.33. The van der Waals surface area contributed by atoms with Crippen molar-refractivity contribution in [1.82, 2.24) is 0 Å². The van der Waals surface area contributed by atoms with E-state index in [1.165, 1.54) is 12.8 Å². The smallest absolute Gasteiger partial charge is 0.00720 e. The van der Waals surface area contributed by atoms with Gasteiger partial charge in [-0.15, -0.1) is 0 Å². The maximum atomic E-state index is 2.36. The molecule has 0 spiro atoms. The molecule has 14 heavy (non-hydrogen) atoms. The van der Waals surface area contributed by atoms with Gasteiger partial charge in [-0.25, -0.2) is 0 Å². The second-order valence-electron chi connectivity index (χ2n) is 5.79. The summed E-state index contributed by atoms with van der Waals surface area (Å²) in [6.07, 6.45) is 11.7. The first kappa shape index (κ1) is 11.6. The van der Waals surface area contributed by atoms with Crippen molar-refractivity contribution >= 4 is 0 Å². The number of hydrogen-bond acceptors (Lipinski definition) is 0. The van der Waals surface area contributed by atoms with Crippen molar-refractivity contribution in [1.29, 1.82) is 0 Å². The molecule has 0 heterocycles. The fraction of sp³-hybridized carbons (Fsp3) is 0.714. The maximum absolute atomic E-state index is 2.36. The Morgan fingerprint density at radius 1 is 1.14 bits per heavy atom. The Bertz CT molecular complexity index is 225. The SMILES string of the molecule is CCCC(C(C)(C)C)C1(C)C=CC=C1. The van der Waals surface area contributed by atoms with Crippen molar-refractivity contribution in [3.8, 4) is 0 Å². The minimum atomic E-state index is 0.286. The molecule has 0 N–H and O–H groups in total. The van der Waals surface area contributed by atoms with Crippen LogP contribution < -0.4 is 0 Å². The molecule has 0 radical (unpaired) electrons. The first-order valence-corrected chi connectivity index (χ1v) is 5.77. The van der Waals surface area contributed by atoms with E-state index in [2.05, 4.69) is 58.9 Å². The van der Waals surface area contributed by atoms with Crippen LogP contribution in [0.3, 0.4) is 0 Å². The van der Waals surface area contributed by atoms with E-state index in [0.29, 0.717) is 5.41 Å². The van der Waals surface area contributed by atoms with E-state index in [0.717, 1.165) is 5.92 Å². The van der Waals surface area contributed by atoms with Gasteiger partial charge in [0.2, 0.25) is 0 Å². The normalized spacial score (nSPS) is 21.5. The zero-order valence-electron chi connectivity index (χ0n) is 10.3. The molecule has 0 aromatic heterocycles.